The van der Waals surface area contributed by atoms with E-state index in [0.29, 0.717) is 10.1 Å². The number of benzene rings is 3. The number of halogens is 1. The van der Waals surface area contributed by atoms with Gasteiger partial charge < -0.3 is 10.6 Å². The molecule has 3 aromatic rings. The van der Waals surface area contributed by atoms with Gasteiger partial charge in [-0.15, -0.1) is 0 Å². The van der Waals surface area contributed by atoms with Crippen molar-refractivity contribution in [1.29, 1.82) is 0 Å². The molecule has 0 saturated heterocycles. The van der Waals surface area contributed by atoms with E-state index < -0.39 is 0 Å². The summed E-state index contributed by atoms with van der Waals surface area (Å²) in [6.45, 7) is 0. The molecule has 0 fully saturated rings. The minimum absolute atomic E-state index is 0.568. The number of fused-ring (bicyclic) bond motifs is 2. The molecule has 0 spiro atoms. The second-order valence-electron chi connectivity index (χ2n) is 5.96. The number of nitrogens with zero attached hydrogens (tertiary/aromatic N) is 1. The van der Waals surface area contributed by atoms with E-state index in [-0.39, 0.29) is 0 Å². The Kier molecular flexibility index (Phi) is 5.16. The molecular formula is C21H16ClN3S2. The Morgan fingerprint density at radius 1 is 1.00 bits per heavy atom. The van der Waals surface area contributed by atoms with Gasteiger partial charge in [-0.1, -0.05) is 53.7 Å². The van der Waals surface area contributed by atoms with Crippen molar-refractivity contribution in [3.05, 3.63) is 82.9 Å². The molecule has 0 aromatic heterocycles. The predicted molar refractivity (Wildman–Crippen MR) is 119 cm³/mol. The Hall–Kier alpha value is -2.34. The first-order chi connectivity index (χ1) is 13.1. The van der Waals surface area contributed by atoms with E-state index in [9.17, 15) is 0 Å². The Morgan fingerprint density at radius 2 is 1.85 bits per heavy atom. The maximum atomic E-state index is 6.24. The Bertz CT molecular complexity index is 1060. The van der Waals surface area contributed by atoms with Crippen LogP contribution in [0.3, 0.4) is 0 Å². The van der Waals surface area contributed by atoms with Crippen molar-refractivity contribution in [1.82, 2.24) is 5.32 Å². The van der Waals surface area contributed by atoms with E-state index >= 15 is 0 Å². The Labute approximate surface area is 172 Å². The van der Waals surface area contributed by atoms with Gasteiger partial charge in [0.25, 0.3) is 0 Å². The fourth-order valence-corrected chi connectivity index (χ4v) is 4.18. The number of aliphatic imine (C=N–C) groups is 1. The van der Waals surface area contributed by atoms with Gasteiger partial charge in [0.15, 0.2) is 5.11 Å². The zero-order chi connectivity index (χ0) is 18.8. The van der Waals surface area contributed by atoms with Crippen molar-refractivity contribution >= 4 is 57.8 Å². The summed E-state index contributed by atoms with van der Waals surface area (Å²) in [4.78, 5) is 7.28. The van der Waals surface area contributed by atoms with Crippen molar-refractivity contribution in [3.63, 3.8) is 0 Å². The number of hydrogen-bond acceptors (Lipinski definition) is 3. The molecule has 0 aliphatic carbocycles. The standard InChI is InChI=1S/C21H16ClN3S2/c1-23-21(26)24-15-9-10-19-17(12-15)25-20(13-5-4-6-14(22)11-13)16-7-2-3-8-18(16)27-19/h2-12H,1H3,(H2,23,24,26). The molecule has 3 aromatic carbocycles. The summed E-state index contributed by atoms with van der Waals surface area (Å²) in [7, 11) is 1.79. The van der Waals surface area contributed by atoms with Gasteiger partial charge in [-0.25, -0.2) is 4.99 Å². The van der Waals surface area contributed by atoms with Crippen molar-refractivity contribution in [2.45, 2.75) is 9.79 Å². The summed E-state index contributed by atoms with van der Waals surface area (Å²) in [5.74, 6) is 0. The molecule has 0 atom stereocenters. The van der Waals surface area contributed by atoms with E-state index in [1.54, 1.807) is 18.8 Å². The first kappa shape index (κ1) is 18.0. The monoisotopic (exact) mass is 409 g/mol. The number of nitrogens with one attached hydrogen (secondary N) is 2. The second kappa shape index (κ2) is 7.72. The van der Waals surface area contributed by atoms with Crippen molar-refractivity contribution in [2.24, 2.45) is 4.99 Å². The molecule has 0 saturated carbocycles. The van der Waals surface area contributed by atoms with Gasteiger partial charge in [0.05, 0.1) is 11.4 Å². The van der Waals surface area contributed by atoms with Crippen LogP contribution in [0, 0.1) is 0 Å². The van der Waals surface area contributed by atoms with Crippen LogP contribution in [0.2, 0.25) is 5.02 Å². The third kappa shape index (κ3) is 3.86. The fraction of sp³-hybridized carbons (Fsp3) is 0.0476. The lowest BCUT2D eigenvalue weighted by molar-refractivity contribution is 1.19. The zero-order valence-electron chi connectivity index (χ0n) is 14.5. The highest BCUT2D eigenvalue weighted by Crippen LogP contribution is 2.42. The SMILES string of the molecule is CNC(=S)Nc1ccc2c(c1)N=C(c1cccc(Cl)c1)c1ccccc1S2. The number of thiocarbonyl (C=S) groups is 1. The quantitative estimate of drug-likeness (QED) is 0.405. The summed E-state index contributed by atoms with van der Waals surface area (Å²) in [5.41, 5.74) is 4.80. The number of hydrogen-bond donors (Lipinski definition) is 2. The third-order valence-electron chi connectivity index (χ3n) is 4.14. The average Bonchev–Trinajstić information content (AvgIpc) is 2.84. The fourth-order valence-electron chi connectivity index (χ4n) is 2.87. The van der Waals surface area contributed by atoms with E-state index in [1.165, 1.54) is 4.90 Å². The maximum Gasteiger partial charge on any atom is 0.170 e. The molecule has 3 nitrogen and oxygen atoms in total. The molecular weight excluding hydrogens is 394 g/mol. The molecule has 0 bridgehead atoms. The first-order valence-electron chi connectivity index (χ1n) is 8.39. The van der Waals surface area contributed by atoms with E-state index in [0.717, 1.165) is 33.1 Å². The second-order valence-corrected chi connectivity index (χ2v) is 7.88. The lowest BCUT2D eigenvalue weighted by Gasteiger charge is -2.10. The average molecular weight is 410 g/mol. The first-order valence-corrected chi connectivity index (χ1v) is 9.99. The van der Waals surface area contributed by atoms with Crippen LogP contribution >= 0.6 is 35.6 Å². The van der Waals surface area contributed by atoms with Crippen molar-refractivity contribution < 1.29 is 0 Å². The maximum absolute atomic E-state index is 6.24. The molecule has 1 aliphatic heterocycles. The summed E-state index contributed by atoms with van der Waals surface area (Å²) < 4.78 is 0. The molecule has 134 valence electrons. The lowest BCUT2D eigenvalue weighted by Crippen LogP contribution is -2.23. The van der Waals surface area contributed by atoms with Crippen LogP contribution in [0.15, 0.2) is 81.5 Å². The third-order valence-corrected chi connectivity index (χ3v) is 5.82. The molecule has 6 heteroatoms. The van der Waals surface area contributed by atoms with Crippen LogP contribution in [0.4, 0.5) is 11.4 Å². The summed E-state index contributed by atoms with van der Waals surface area (Å²) in [6, 6.07) is 22.2. The van der Waals surface area contributed by atoms with Crippen LogP contribution in [-0.2, 0) is 0 Å². The van der Waals surface area contributed by atoms with Crippen LogP contribution in [0.25, 0.3) is 0 Å². The van der Waals surface area contributed by atoms with Crippen LogP contribution in [0.1, 0.15) is 11.1 Å². The Morgan fingerprint density at radius 3 is 2.67 bits per heavy atom. The molecule has 4 rings (SSSR count). The van der Waals surface area contributed by atoms with E-state index in [4.69, 9.17) is 28.8 Å². The van der Waals surface area contributed by atoms with Crippen LogP contribution in [-0.4, -0.2) is 17.9 Å². The summed E-state index contributed by atoms with van der Waals surface area (Å²) in [6.07, 6.45) is 0. The highest BCUT2D eigenvalue weighted by molar-refractivity contribution is 7.99. The van der Waals surface area contributed by atoms with Gasteiger partial charge in [-0.3, -0.25) is 0 Å². The molecule has 1 aliphatic rings. The Balaban J connectivity index is 1.88. The molecule has 27 heavy (non-hydrogen) atoms. The van der Waals surface area contributed by atoms with Crippen molar-refractivity contribution in [3.8, 4) is 0 Å². The van der Waals surface area contributed by atoms with Gasteiger partial charge in [0.1, 0.15) is 0 Å². The lowest BCUT2D eigenvalue weighted by atomic mass is 10.0. The predicted octanol–water partition coefficient (Wildman–Crippen LogP) is 5.89. The largest absolute Gasteiger partial charge is 0.366 e. The minimum Gasteiger partial charge on any atom is -0.366 e. The molecule has 0 unspecified atom stereocenters. The highest BCUT2D eigenvalue weighted by Gasteiger charge is 2.19. The van der Waals surface area contributed by atoms with Crippen molar-refractivity contribution in [2.75, 3.05) is 12.4 Å². The smallest absolute Gasteiger partial charge is 0.170 e. The molecule has 0 radical (unpaired) electrons. The zero-order valence-corrected chi connectivity index (χ0v) is 16.9. The van der Waals surface area contributed by atoms with Gasteiger partial charge in [-0.05, 0) is 48.6 Å². The number of rotatable bonds is 2. The normalized spacial score (nSPS) is 12.3. The summed E-state index contributed by atoms with van der Waals surface area (Å²) >= 11 is 13.2. The van der Waals surface area contributed by atoms with Gasteiger partial charge in [0, 0.05) is 38.7 Å². The van der Waals surface area contributed by atoms with Gasteiger partial charge >= 0.3 is 0 Å². The van der Waals surface area contributed by atoms with Gasteiger partial charge in [-0.2, -0.15) is 0 Å². The topological polar surface area (TPSA) is 36.4 Å². The molecule has 0 amide bonds. The highest BCUT2D eigenvalue weighted by atomic mass is 35.5. The van der Waals surface area contributed by atoms with E-state index in [2.05, 4.69) is 28.8 Å². The van der Waals surface area contributed by atoms with Crippen LogP contribution in [0.5, 0.6) is 0 Å². The van der Waals surface area contributed by atoms with Gasteiger partial charge in [0.2, 0.25) is 0 Å². The molecule has 1 heterocycles. The van der Waals surface area contributed by atoms with E-state index in [1.807, 2.05) is 48.5 Å². The minimum atomic E-state index is 0.568. The summed E-state index contributed by atoms with van der Waals surface area (Å²) in [5, 5.41) is 7.36. The molecule has 2 N–H and O–H groups in total. The number of anilines is 1. The van der Waals surface area contributed by atoms with Crippen LogP contribution < -0.4 is 10.6 Å².